The molecule has 17 heavy (non-hydrogen) atoms. The molecule has 3 nitrogen and oxygen atoms in total. The molecule has 2 unspecified atom stereocenters. The maximum absolute atomic E-state index is 5.95. The SMILES string of the molecule is CC1COCCN1C(CN)c1cccc(Br)c1. The molecule has 0 aromatic heterocycles. The van der Waals surface area contributed by atoms with Gasteiger partial charge in [-0.25, -0.2) is 0 Å². The fourth-order valence-corrected chi connectivity index (χ4v) is 2.80. The fraction of sp³-hybridized carbons (Fsp3) is 0.538. The molecule has 0 bridgehead atoms. The Balaban J connectivity index is 2.20. The van der Waals surface area contributed by atoms with Crippen LogP contribution in [0.1, 0.15) is 18.5 Å². The van der Waals surface area contributed by atoms with Gasteiger partial charge in [0.05, 0.1) is 13.2 Å². The van der Waals surface area contributed by atoms with Crippen LogP contribution in [0.5, 0.6) is 0 Å². The Morgan fingerprint density at radius 2 is 2.41 bits per heavy atom. The first-order chi connectivity index (χ1) is 8.22. The molecule has 1 aromatic carbocycles. The Bertz CT molecular complexity index is 372. The van der Waals surface area contributed by atoms with Crippen molar-refractivity contribution >= 4 is 15.9 Å². The van der Waals surface area contributed by atoms with Gasteiger partial charge in [-0.3, -0.25) is 4.90 Å². The third-order valence-electron chi connectivity index (χ3n) is 3.28. The van der Waals surface area contributed by atoms with Gasteiger partial charge in [0, 0.05) is 29.6 Å². The normalized spacial score (nSPS) is 23.6. The van der Waals surface area contributed by atoms with Crippen molar-refractivity contribution in [2.45, 2.75) is 19.0 Å². The number of hydrogen-bond acceptors (Lipinski definition) is 3. The van der Waals surface area contributed by atoms with E-state index < -0.39 is 0 Å². The number of morpholine rings is 1. The zero-order valence-corrected chi connectivity index (χ0v) is 11.7. The van der Waals surface area contributed by atoms with Crippen LogP contribution < -0.4 is 5.73 Å². The molecule has 94 valence electrons. The molecule has 1 heterocycles. The first-order valence-electron chi connectivity index (χ1n) is 6.01. The molecule has 0 radical (unpaired) electrons. The van der Waals surface area contributed by atoms with Crippen molar-refractivity contribution in [3.63, 3.8) is 0 Å². The van der Waals surface area contributed by atoms with Gasteiger partial charge in [0.15, 0.2) is 0 Å². The van der Waals surface area contributed by atoms with Crippen molar-refractivity contribution in [3.05, 3.63) is 34.3 Å². The van der Waals surface area contributed by atoms with Crippen LogP contribution in [-0.4, -0.2) is 37.2 Å². The Hall–Kier alpha value is -0.420. The molecule has 1 fully saturated rings. The standard InChI is InChI=1S/C13H19BrN2O/c1-10-9-17-6-5-16(10)13(8-15)11-3-2-4-12(14)7-11/h2-4,7,10,13H,5-6,8-9,15H2,1H3. The molecule has 0 aliphatic carbocycles. The number of hydrogen-bond donors (Lipinski definition) is 1. The van der Waals surface area contributed by atoms with Crippen LogP contribution in [0.2, 0.25) is 0 Å². The molecule has 4 heteroatoms. The highest BCUT2D eigenvalue weighted by molar-refractivity contribution is 9.10. The number of halogens is 1. The van der Waals surface area contributed by atoms with Crippen LogP contribution in [0, 0.1) is 0 Å². The second-order valence-electron chi connectivity index (χ2n) is 4.47. The zero-order chi connectivity index (χ0) is 12.3. The third-order valence-corrected chi connectivity index (χ3v) is 3.77. The van der Waals surface area contributed by atoms with Crippen LogP contribution >= 0.6 is 15.9 Å². The van der Waals surface area contributed by atoms with Gasteiger partial charge in [-0.1, -0.05) is 28.1 Å². The summed E-state index contributed by atoms with van der Waals surface area (Å²) in [6.45, 7) is 5.38. The van der Waals surface area contributed by atoms with Gasteiger partial charge in [0.2, 0.25) is 0 Å². The Morgan fingerprint density at radius 1 is 1.59 bits per heavy atom. The summed E-state index contributed by atoms with van der Waals surface area (Å²) in [4.78, 5) is 2.44. The minimum absolute atomic E-state index is 0.284. The van der Waals surface area contributed by atoms with Crippen LogP contribution in [0.4, 0.5) is 0 Å². The van der Waals surface area contributed by atoms with Crippen LogP contribution in [0.3, 0.4) is 0 Å². The summed E-state index contributed by atoms with van der Waals surface area (Å²) in [5.41, 5.74) is 7.22. The predicted octanol–water partition coefficient (Wildman–Crippen LogP) is 2.17. The van der Waals surface area contributed by atoms with E-state index in [0.717, 1.165) is 24.2 Å². The van der Waals surface area contributed by atoms with E-state index in [0.29, 0.717) is 12.6 Å². The molecule has 2 rings (SSSR count). The molecule has 2 atom stereocenters. The Labute approximate surface area is 111 Å². The fourth-order valence-electron chi connectivity index (χ4n) is 2.38. The van der Waals surface area contributed by atoms with Gasteiger partial charge >= 0.3 is 0 Å². The third kappa shape index (κ3) is 3.07. The second-order valence-corrected chi connectivity index (χ2v) is 5.38. The quantitative estimate of drug-likeness (QED) is 0.929. The maximum Gasteiger partial charge on any atom is 0.0620 e. The summed E-state index contributed by atoms with van der Waals surface area (Å²) in [7, 11) is 0. The van der Waals surface area contributed by atoms with Crippen LogP contribution in [0.25, 0.3) is 0 Å². The lowest BCUT2D eigenvalue weighted by Crippen LogP contribution is -2.47. The van der Waals surface area contributed by atoms with E-state index in [1.54, 1.807) is 0 Å². The Morgan fingerprint density at radius 3 is 3.06 bits per heavy atom. The van der Waals surface area contributed by atoms with Gasteiger partial charge in [0.25, 0.3) is 0 Å². The highest BCUT2D eigenvalue weighted by Crippen LogP contribution is 2.25. The summed E-state index contributed by atoms with van der Waals surface area (Å²) in [6.07, 6.45) is 0. The smallest absolute Gasteiger partial charge is 0.0620 e. The monoisotopic (exact) mass is 298 g/mol. The number of benzene rings is 1. The summed E-state index contributed by atoms with van der Waals surface area (Å²) < 4.78 is 6.58. The van der Waals surface area contributed by atoms with Gasteiger partial charge < -0.3 is 10.5 Å². The van der Waals surface area contributed by atoms with Gasteiger partial charge in [-0.2, -0.15) is 0 Å². The molecule has 1 aromatic rings. The molecule has 0 saturated carbocycles. The largest absolute Gasteiger partial charge is 0.379 e. The number of nitrogens with zero attached hydrogens (tertiary/aromatic N) is 1. The highest BCUT2D eigenvalue weighted by Gasteiger charge is 2.26. The van der Waals surface area contributed by atoms with E-state index in [4.69, 9.17) is 10.5 Å². The lowest BCUT2D eigenvalue weighted by atomic mass is 10.0. The minimum atomic E-state index is 0.284. The molecule has 2 N–H and O–H groups in total. The Kier molecular flexibility index (Phi) is 4.56. The molecule has 1 aliphatic heterocycles. The lowest BCUT2D eigenvalue weighted by molar-refractivity contribution is -0.0209. The van der Waals surface area contributed by atoms with Gasteiger partial charge in [-0.05, 0) is 24.6 Å². The minimum Gasteiger partial charge on any atom is -0.379 e. The number of ether oxygens (including phenoxy) is 1. The van der Waals surface area contributed by atoms with E-state index in [1.165, 1.54) is 5.56 Å². The first-order valence-corrected chi connectivity index (χ1v) is 6.80. The van der Waals surface area contributed by atoms with Gasteiger partial charge in [-0.15, -0.1) is 0 Å². The van der Waals surface area contributed by atoms with Crippen molar-refractivity contribution in [2.24, 2.45) is 5.73 Å². The average Bonchev–Trinajstić information content (AvgIpc) is 2.33. The van der Waals surface area contributed by atoms with E-state index >= 15 is 0 Å². The van der Waals surface area contributed by atoms with Crippen molar-refractivity contribution in [3.8, 4) is 0 Å². The van der Waals surface area contributed by atoms with Crippen LogP contribution in [-0.2, 0) is 4.74 Å². The number of rotatable bonds is 3. The summed E-state index contributed by atoms with van der Waals surface area (Å²) in [5, 5.41) is 0. The van der Waals surface area contributed by atoms with Crippen molar-refractivity contribution in [1.82, 2.24) is 4.90 Å². The van der Waals surface area contributed by atoms with Crippen LogP contribution in [0.15, 0.2) is 28.7 Å². The van der Waals surface area contributed by atoms with Crippen molar-refractivity contribution in [1.29, 1.82) is 0 Å². The van der Waals surface area contributed by atoms with Crippen molar-refractivity contribution in [2.75, 3.05) is 26.3 Å². The molecular formula is C13H19BrN2O. The molecule has 0 spiro atoms. The van der Waals surface area contributed by atoms with E-state index in [2.05, 4.69) is 46.0 Å². The molecule has 0 amide bonds. The number of nitrogens with two attached hydrogens (primary N) is 1. The maximum atomic E-state index is 5.95. The van der Waals surface area contributed by atoms with E-state index in [1.807, 2.05) is 6.07 Å². The first kappa shape index (κ1) is 13.0. The summed E-state index contributed by atoms with van der Waals surface area (Å²) in [5.74, 6) is 0. The second kappa shape index (κ2) is 5.96. The topological polar surface area (TPSA) is 38.5 Å². The molecule has 1 saturated heterocycles. The van der Waals surface area contributed by atoms with Crippen molar-refractivity contribution < 1.29 is 4.74 Å². The lowest BCUT2D eigenvalue weighted by Gasteiger charge is -2.39. The van der Waals surface area contributed by atoms with Gasteiger partial charge in [0.1, 0.15) is 0 Å². The van der Waals surface area contributed by atoms with E-state index in [-0.39, 0.29) is 6.04 Å². The summed E-state index contributed by atoms with van der Waals surface area (Å²) >= 11 is 3.51. The summed E-state index contributed by atoms with van der Waals surface area (Å²) in [6, 6.07) is 9.11. The average molecular weight is 299 g/mol. The zero-order valence-electron chi connectivity index (χ0n) is 10.1. The van der Waals surface area contributed by atoms with E-state index in [9.17, 15) is 0 Å². The predicted molar refractivity (Wildman–Crippen MR) is 72.9 cm³/mol. The molecular weight excluding hydrogens is 280 g/mol. The highest BCUT2D eigenvalue weighted by atomic mass is 79.9. The molecule has 1 aliphatic rings.